The molecule has 0 amide bonds. The first-order chi connectivity index (χ1) is 15.7. The Morgan fingerprint density at radius 2 is 1.65 bits per heavy atom. The summed E-state index contributed by atoms with van der Waals surface area (Å²) < 4.78 is 39.8. The minimum atomic E-state index is -2.24. The second-order valence-electron chi connectivity index (χ2n) is 12.9. The lowest BCUT2D eigenvalue weighted by Gasteiger charge is -2.65. The van der Waals surface area contributed by atoms with Crippen LogP contribution in [-0.2, 0) is 32.9 Å². The van der Waals surface area contributed by atoms with Gasteiger partial charge in [-0.3, -0.25) is 0 Å². The number of carbonyl (C=O) groups excluding carboxylic acids is 1. The van der Waals surface area contributed by atoms with Crippen LogP contribution in [0.3, 0.4) is 0 Å². The van der Waals surface area contributed by atoms with Crippen LogP contribution >= 0.6 is 0 Å². The summed E-state index contributed by atoms with van der Waals surface area (Å²) in [6.07, 6.45) is 2.03. The highest BCUT2D eigenvalue weighted by atomic mass is 28.4. The first kappa shape index (κ1) is 26.7. The molecular formula is C26H46O7Si. The van der Waals surface area contributed by atoms with Gasteiger partial charge in [-0.05, 0) is 31.5 Å². The zero-order valence-corrected chi connectivity index (χ0v) is 23.9. The van der Waals surface area contributed by atoms with Gasteiger partial charge in [0, 0.05) is 44.3 Å². The van der Waals surface area contributed by atoms with Crippen LogP contribution in [0.4, 0.5) is 0 Å². The molecule has 2 aliphatic carbocycles. The summed E-state index contributed by atoms with van der Waals surface area (Å²) in [5, 5.41) is 0.0111. The van der Waals surface area contributed by atoms with Crippen molar-refractivity contribution in [2.24, 2.45) is 17.3 Å². The van der Waals surface area contributed by atoms with Gasteiger partial charge in [0.05, 0.1) is 37.1 Å². The maximum absolute atomic E-state index is 12.0. The van der Waals surface area contributed by atoms with Gasteiger partial charge in [0.1, 0.15) is 11.9 Å². The van der Waals surface area contributed by atoms with Crippen molar-refractivity contribution in [2.75, 3.05) is 27.4 Å². The van der Waals surface area contributed by atoms with E-state index in [1.54, 1.807) is 14.2 Å². The number of hydrogen-bond donors (Lipinski definition) is 0. The molecule has 2 saturated carbocycles. The van der Waals surface area contributed by atoms with Gasteiger partial charge in [-0.15, -0.1) is 0 Å². The van der Waals surface area contributed by atoms with Gasteiger partial charge in [-0.1, -0.05) is 34.6 Å². The Bertz CT molecular complexity index is 791. The van der Waals surface area contributed by atoms with Crippen LogP contribution in [-0.4, -0.2) is 77.3 Å². The van der Waals surface area contributed by atoms with Crippen molar-refractivity contribution in [1.82, 2.24) is 0 Å². The Hall–Kier alpha value is -0.353. The quantitative estimate of drug-likeness (QED) is 0.399. The third-order valence-electron chi connectivity index (χ3n) is 10.3. The molecule has 2 aliphatic heterocycles. The topological polar surface area (TPSA) is 72.5 Å². The second-order valence-corrected chi connectivity index (χ2v) is 17.7. The summed E-state index contributed by atoms with van der Waals surface area (Å²) >= 11 is 0. The molecule has 2 bridgehead atoms. The predicted octanol–water partition coefficient (Wildman–Crippen LogP) is 4.33. The Labute approximate surface area is 206 Å². The highest BCUT2D eigenvalue weighted by molar-refractivity contribution is 6.74. The lowest BCUT2D eigenvalue weighted by atomic mass is 9.48. The molecule has 0 aromatic carbocycles. The van der Waals surface area contributed by atoms with Gasteiger partial charge in [-0.25, -0.2) is 0 Å². The van der Waals surface area contributed by atoms with Crippen LogP contribution in [0.2, 0.25) is 18.1 Å². The first-order valence-electron chi connectivity index (χ1n) is 12.8. The Balaban J connectivity index is 1.97. The second kappa shape index (κ2) is 8.33. The fraction of sp³-hybridized carbons (Fsp3) is 0.962. The molecule has 0 aromatic heterocycles. The summed E-state index contributed by atoms with van der Waals surface area (Å²) in [7, 11) is 1.27. The number of fused-ring (bicyclic) bond motifs is 1. The van der Waals surface area contributed by atoms with Crippen molar-refractivity contribution in [3.8, 4) is 0 Å². The molecule has 0 aromatic rings. The Morgan fingerprint density at radius 1 is 1.03 bits per heavy atom. The van der Waals surface area contributed by atoms with E-state index in [4.69, 9.17) is 28.1 Å². The van der Waals surface area contributed by atoms with Gasteiger partial charge in [0.25, 0.3) is 0 Å². The largest absolute Gasteiger partial charge is 0.410 e. The van der Waals surface area contributed by atoms with Gasteiger partial charge in [0.2, 0.25) is 0 Å². The summed E-state index contributed by atoms with van der Waals surface area (Å²) in [6.45, 7) is 19.0. The molecule has 2 heterocycles. The van der Waals surface area contributed by atoms with Gasteiger partial charge in [0.15, 0.2) is 14.1 Å². The predicted molar refractivity (Wildman–Crippen MR) is 131 cm³/mol. The van der Waals surface area contributed by atoms with Crippen molar-refractivity contribution >= 4 is 14.6 Å². The molecule has 196 valence electrons. The van der Waals surface area contributed by atoms with E-state index < -0.39 is 30.7 Å². The van der Waals surface area contributed by atoms with E-state index in [9.17, 15) is 4.79 Å². The normalized spacial score (nSPS) is 46.0. The number of rotatable bonds is 6. The van der Waals surface area contributed by atoms with Crippen LogP contribution in [0.5, 0.6) is 0 Å². The first-order valence-corrected chi connectivity index (χ1v) is 15.8. The van der Waals surface area contributed by atoms with Crippen molar-refractivity contribution in [3.63, 3.8) is 0 Å². The molecular weight excluding hydrogens is 452 g/mol. The average Bonchev–Trinajstić information content (AvgIpc) is 3.29. The van der Waals surface area contributed by atoms with Crippen LogP contribution < -0.4 is 0 Å². The number of methoxy groups -OCH3 is 2. The van der Waals surface area contributed by atoms with Gasteiger partial charge >= 0.3 is 0 Å². The monoisotopic (exact) mass is 498 g/mol. The molecule has 0 radical (unpaired) electrons. The maximum atomic E-state index is 12.0. The summed E-state index contributed by atoms with van der Waals surface area (Å²) in [6, 6.07) is 0. The molecule has 4 rings (SSSR count). The molecule has 7 nitrogen and oxygen atoms in total. The summed E-state index contributed by atoms with van der Waals surface area (Å²) in [5.41, 5.74) is -1.94. The molecule has 8 heteroatoms. The van der Waals surface area contributed by atoms with Crippen molar-refractivity contribution in [1.29, 1.82) is 0 Å². The van der Waals surface area contributed by atoms with Gasteiger partial charge in [-0.2, -0.15) is 0 Å². The fourth-order valence-corrected chi connectivity index (χ4v) is 8.82. The molecule has 4 fully saturated rings. The molecule has 2 saturated heterocycles. The molecule has 34 heavy (non-hydrogen) atoms. The van der Waals surface area contributed by atoms with Crippen molar-refractivity contribution < 1.29 is 32.9 Å². The van der Waals surface area contributed by atoms with Gasteiger partial charge < -0.3 is 32.9 Å². The minimum Gasteiger partial charge on any atom is -0.410 e. The number of hydrogen-bond acceptors (Lipinski definition) is 7. The van der Waals surface area contributed by atoms with E-state index in [1.807, 2.05) is 0 Å². The van der Waals surface area contributed by atoms with Crippen LogP contribution in [0.15, 0.2) is 0 Å². The standard InChI is InChI=1S/C26H46O7Si/c1-17-25(30-15-16-31-25)12-11-23(5)21(29-8)19(28-7)18-20(32-34(9,10)22(2,3)4)26(17,23)33-24(18,6)13-14-27/h14,17-21H,11-13,15-16H2,1-10H3/t17-,18-,19-,20-,21-,23+,24-,26-/m0/s1. The summed E-state index contributed by atoms with van der Waals surface area (Å²) in [5.74, 6) is -1.01. The fourth-order valence-electron chi connectivity index (χ4n) is 7.51. The van der Waals surface area contributed by atoms with E-state index in [-0.39, 0.29) is 41.6 Å². The number of ether oxygens (including phenoxy) is 5. The molecule has 0 unspecified atom stereocenters. The van der Waals surface area contributed by atoms with Crippen LogP contribution in [0.25, 0.3) is 0 Å². The highest BCUT2D eigenvalue weighted by Gasteiger charge is 2.82. The third kappa shape index (κ3) is 3.32. The van der Waals surface area contributed by atoms with Crippen molar-refractivity contribution in [2.45, 2.75) is 114 Å². The zero-order valence-electron chi connectivity index (χ0n) is 22.9. The Morgan fingerprint density at radius 3 is 2.15 bits per heavy atom. The van der Waals surface area contributed by atoms with E-state index in [1.165, 1.54) is 0 Å². The maximum Gasteiger partial charge on any atom is 0.192 e. The molecule has 0 N–H and O–H groups in total. The van der Waals surface area contributed by atoms with Crippen molar-refractivity contribution in [3.05, 3.63) is 0 Å². The lowest BCUT2D eigenvalue weighted by Crippen LogP contribution is -2.77. The highest BCUT2D eigenvalue weighted by Crippen LogP contribution is 2.70. The Kier molecular flexibility index (Phi) is 6.54. The minimum absolute atomic E-state index is 0.0111. The third-order valence-corrected chi connectivity index (χ3v) is 14.8. The van der Waals surface area contributed by atoms with E-state index in [2.05, 4.69) is 54.6 Å². The van der Waals surface area contributed by atoms with E-state index in [0.29, 0.717) is 13.2 Å². The number of aldehydes is 1. The van der Waals surface area contributed by atoms with E-state index >= 15 is 0 Å². The molecule has 8 atom stereocenters. The average molecular weight is 499 g/mol. The summed E-state index contributed by atoms with van der Waals surface area (Å²) in [4.78, 5) is 12.0. The number of carbonyl (C=O) groups is 1. The smallest absolute Gasteiger partial charge is 0.192 e. The van der Waals surface area contributed by atoms with Crippen LogP contribution in [0, 0.1) is 17.3 Å². The van der Waals surface area contributed by atoms with E-state index in [0.717, 1.165) is 19.1 Å². The van der Waals surface area contributed by atoms with Crippen LogP contribution in [0.1, 0.15) is 60.8 Å². The lowest BCUT2D eigenvalue weighted by molar-refractivity contribution is -0.340. The SMILES string of the molecule is CO[C@H]1[C@H]2[C@H](O[Si](C)(C)C(C)(C)C)[C@@]3(O[C@@]2(C)CC=O)[C@@H](C)C2(CC[C@]3(C)[C@H]1OC)OCCO2. The molecule has 4 aliphatic rings. The zero-order chi connectivity index (χ0) is 25.4. The molecule has 2 spiro atoms.